The minimum Gasteiger partial charge on any atom is -0.350 e. The van der Waals surface area contributed by atoms with Crippen molar-refractivity contribution in [2.24, 2.45) is 5.92 Å². The number of likely N-dealkylation sites (tertiary alicyclic amines) is 1. The second-order valence-corrected chi connectivity index (χ2v) is 7.56. The van der Waals surface area contributed by atoms with Crippen LogP contribution >= 0.6 is 22.9 Å². The molecule has 2 aliphatic rings. The SMILES string of the molecule is O=C(c1sc2cc(F)ccc2c1Cl)N1CCC(C2OCCO2)CC1. The number of piperidine rings is 1. The summed E-state index contributed by atoms with van der Waals surface area (Å²) in [6, 6.07) is 4.41. The summed E-state index contributed by atoms with van der Waals surface area (Å²) in [6.45, 7) is 2.62. The molecule has 1 amide bonds. The zero-order chi connectivity index (χ0) is 16.7. The topological polar surface area (TPSA) is 38.8 Å². The fraction of sp³-hybridized carbons (Fsp3) is 0.471. The quantitative estimate of drug-likeness (QED) is 0.805. The van der Waals surface area contributed by atoms with Gasteiger partial charge < -0.3 is 14.4 Å². The van der Waals surface area contributed by atoms with E-state index in [2.05, 4.69) is 0 Å². The Bertz CT molecular complexity index is 767. The number of rotatable bonds is 2. The van der Waals surface area contributed by atoms with Crippen LogP contribution in [0, 0.1) is 11.7 Å². The van der Waals surface area contributed by atoms with Crippen LogP contribution in [0.1, 0.15) is 22.5 Å². The highest BCUT2D eigenvalue weighted by Gasteiger charge is 2.33. The number of hydrogen-bond donors (Lipinski definition) is 0. The summed E-state index contributed by atoms with van der Waals surface area (Å²) in [6.07, 6.45) is 1.58. The minimum atomic E-state index is -0.322. The highest BCUT2D eigenvalue weighted by atomic mass is 35.5. The maximum Gasteiger partial charge on any atom is 0.265 e. The van der Waals surface area contributed by atoms with E-state index in [1.807, 2.05) is 4.90 Å². The molecule has 0 saturated carbocycles. The fourth-order valence-electron chi connectivity index (χ4n) is 3.34. The first-order valence-electron chi connectivity index (χ1n) is 8.03. The minimum absolute atomic E-state index is 0.0756. The summed E-state index contributed by atoms with van der Waals surface area (Å²) in [4.78, 5) is 15.1. The van der Waals surface area contributed by atoms with Crippen molar-refractivity contribution in [1.82, 2.24) is 4.90 Å². The first-order valence-corrected chi connectivity index (χ1v) is 9.23. The average Bonchev–Trinajstić information content (AvgIpc) is 3.23. The zero-order valence-corrected chi connectivity index (χ0v) is 14.5. The third-order valence-corrected chi connectivity index (χ3v) is 6.29. The first kappa shape index (κ1) is 16.3. The van der Waals surface area contributed by atoms with E-state index in [0.29, 0.717) is 46.8 Å². The van der Waals surface area contributed by atoms with Crippen LogP contribution in [-0.2, 0) is 9.47 Å². The Morgan fingerprint density at radius 3 is 2.67 bits per heavy atom. The Morgan fingerprint density at radius 1 is 1.25 bits per heavy atom. The van der Waals surface area contributed by atoms with Crippen molar-refractivity contribution in [3.8, 4) is 0 Å². The second-order valence-electron chi connectivity index (χ2n) is 6.13. The summed E-state index contributed by atoms with van der Waals surface area (Å²) in [5.74, 6) is -0.0614. The van der Waals surface area contributed by atoms with Crippen molar-refractivity contribution >= 4 is 38.9 Å². The lowest BCUT2D eigenvalue weighted by molar-refractivity contribution is -0.0955. The maximum absolute atomic E-state index is 13.4. The first-order chi connectivity index (χ1) is 11.6. The van der Waals surface area contributed by atoms with Gasteiger partial charge in [0.05, 0.1) is 18.2 Å². The lowest BCUT2D eigenvalue weighted by atomic mass is 9.96. The number of fused-ring (bicyclic) bond motifs is 1. The van der Waals surface area contributed by atoms with Gasteiger partial charge >= 0.3 is 0 Å². The Labute approximate surface area is 148 Å². The zero-order valence-electron chi connectivity index (χ0n) is 13.0. The molecule has 1 aromatic heterocycles. The van der Waals surface area contributed by atoms with E-state index >= 15 is 0 Å². The number of ether oxygens (including phenoxy) is 2. The van der Waals surface area contributed by atoms with Gasteiger partial charge in [0.2, 0.25) is 0 Å². The summed E-state index contributed by atoms with van der Waals surface area (Å²) in [7, 11) is 0. The summed E-state index contributed by atoms with van der Waals surface area (Å²) in [5, 5.41) is 1.15. The van der Waals surface area contributed by atoms with Crippen molar-refractivity contribution < 1.29 is 18.7 Å². The van der Waals surface area contributed by atoms with Gasteiger partial charge in [-0.25, -0.2) is 4.39 Å². The van der Waals surface area contributed by atoms with Crippen molar-refractivity contribution in [3.63, 3.8) is 0 Å². The van der Waals surface area contributed by atoms with Gasteiger partial charge in [-0.3, -0.25) is 4.79 Å². The molecule has 2 fully saturated rings. The molecule has 0 unspecified atom stereocenters. The average molecular weight is 370 g/mol. The van der Waals surface area contributed by atoms with Crippen LogP contribution in [-0.4, -0.2) is 43.4 Å². The molecule has 1 aromatic carbocycles. The van der Waals surface area contributed by atoms with Gasteiger partial charge in [0, 0.05) is 29.1 Å². The van der Waals surface area contributed by atoms with E-state index in [1.165, 1.54) is 23.5 Å². The molecular weight excluding hydrogens is 353 g/mol. The number of nitrogens with zero attached hydrogens (tertiary/aromatic N) is 1. The van der Waals surface area contributed by atoms with Crippen LogP contribution < -0.4 is 0 Å². The molecule has 4 nitrogen and oxygen atoms in total. The number of carbonyl (C=O) groups is 1. The number of amides is 1. The molecule has 2 aromatic rings. The Hall–Kier alpha value is -1.21. The largest absolute Gasteiger partial charge is 0.350 e. The molecule has 0 N–H and O–H groups in total. The molecule has 24 heavy (non-hydrogen) atoms. The van der Waals surface area contributed by atoms with Crippen molar-refractivity contribution in [2.45, 2.75) is 19.1 Å². The number of benzene rings is 1. The Balaban J connectivity index is 1.49. The van der Waals surface area contributed by atoms with Crippen LogP contribution in [0.3, 0.4) is 0 Å². The molecule has 0 spiro atoms. The smallest absolute Gasteiger partial charge is 0.265 e. The van der Waals surface area contributed by atoms with Crippen LogP contribution in [0.5, 0.6) is 0 Å². The molecule has 2 saturated heterocycles. The Kier molecular flexibility index (Phi) is 4.47. The van der Waals surface area contributed by atoms with Gasteiger partial charge in [0.15, 0.2) is 6.29 Å². The van der Waals surface area contributed by atoms with Crippen molar-refractivity contribution in [3.05, 3.63) is 33.9 Å². The highest BCUT2D eigenvalue weighted by molar-refractivity contribution is 7.21. The van der Waals surface area contributed by atoms with E-state index in [4.69, 9.17) is 21.1 Å². The third kappa shape index (κ3) is 2.92. The molecular formula is C17H17ClFNO3S. The van der Waals surface area contributed by atoms with Crippen molar-refractivity contribution in [2.75, 3.05) is 26.3 Å². The maximum atomic E-state index is 13.4. The Morgan fingerprint density at radius 2 is 1.96 bits per heavy atom. The molecule has 128 valence electrons. The lowest BCUT2D eigenvalue weighted by Crippen LogP contribution is -2.41. The van der Waals surface area contributed by atoms with Crippen molar-refractivity contribution in [1.29, 1.82) is 0 Å². The highest BCUT2D eigenvalue weighted by Crippen LogP contribution is 2.37. The van der Waals surface area contributed by atoms with E-state index in [-0.39, 0.29) is 18.0 Å². The summed E-state index contributed by atoms with van der Waals surface area (Å²) >= 11 is 7.61. The van der Waals surface area contributed by atoms with Crippen LogP contribution in [0.4, 0.5) is 4.39 Å². The number of carbonyl (C=O) groups excluding carboxylic acids is 1. The molecule has 7 heteroatoms. The van der Waals surface area contributed by atoms with E-state index in [1.54, 1.807) is 6.07 Å². The fourth-order valence-corrected chi connectivity index (χ4v) is 4.85. The molecule has 0 bridgehead atoms. The predicted octanol–water partition coefficient (Wildman–Crippen LogP) is 3.92. The molecule has 0 radical (unpaired) electrons. The molecule has 0 atom stereocenters. The lowest BCUT2D eigenvalue weighted by Gasteiger charge is -2.33. The number of hydrogen-bond acceptors (Lipinski definition) is 4. The van der Waals surface area contributed by atoms with Gasteiger partial charge in [-0.1, -0.05) is 11.6 Å². The third-order valence-electron chi connectivity index (χ3n) is 4.65. The second kappa shape index (κ2) is 6.59. The molecule has 0 aliphatic carbocycles. The molecule has 4 rings (SSSR count). The molecule has 2 aliphatic heterocycles. The van der Waals surface area contributed by atoms with E-state index in [9.17, 15) is 9.18 Å². The predicted molar refractivity (Wildman–Crippen MR) is 91.1 cm³/mol. The summed E-state index contributed by atoms with van der Waals surface area (Å²) in [5.41, 5.74) is 0. The van der Waals surface area contributed by atoms with Crippen LogP contribution in [0.15, 0.2) is 18.2 Å². The summed E-state index contributed by atoms with van der Waals surface area (Å²) < 4.78 is 25.2. The van der Waals surface area contributed by atoms with Gasteiger partial charge in [0.1, 0.15) is 10.7 Å². The van der Waals surface area contributed by atoms with Gasteiger partial charge in [0.25, 0.3) is 5.91 Å². The van der Waals surface area contributed by atoms with Gasteiger partial charge in [-0.2, -0.15) is 0 Å². The van der Waals surface area contributed by atoms with E-state index in [0.717, 1.165) is 18.2 Å². The van der Waals surface area contributed by atoms with Gasteiger partial charge in [-0.15, -0.1) is 11.3 Å². The monoisotopic (exact) mass is 369 g/mol. The van der Waals surface area contributed by atoms with Gasteiger partial charge in [-0.05, 0) is 31.0 Å². The molecule has 3 heterocycles. The normalized spacial score (nSPS) is 20.2. The van der Waals surface area contributed by atoms with E-state index < -0.39 is 0 Å². The number of halogens is 2. The van der Waals surface area contributed by atoms with Crippen LogP contribution in [0.2, 0.25) is 5.02 Å². The van der Waals surface area contributed by atoms with Crippen LogP contribution in [0.25, 0.3) is 10.1 Å². The standard InChI is InChI=1S/C17H17ClFNO3S/c18-14-12-2-1-11(19)9-13(12)24-15(14)16(21)20-5-3-10(4-6-20)17-22-7-8-23-17/h1-2,9-10,17H,3-8H2. The number of thiophene rings is 1.